The fourth-order valence-corrected chi connectivity index (χ4v) is 1.77. The Bertz CT molecular complexity index is 460. The molecule has 1 heterocycles. The Labute approximate surface area is 113 Å². The number of pyridine rings is 1. The molecule has 5 heteroatoms. The molecule has 0 aliphatic heterocycles. The van der Waals surface area contributed by atoms with E-state index in [0.717, 1.165) is 11.3 Å². The maximum Gasteiger partial charge on any atom is 0.310 e. The third kappa shape index (κ3) is 4.35. The number of aryl methyl sites for hydroxylation is 1. The van der Waals surface area contributed by atoms with Crippen molar-refractivity contribution in [2.45, 2.75) is 20.3 Å². The molecule has 1 atom stereocenters. The fourth-order valence-electron chi connectivity index (χ4n) is 1.77. The first-order chi connectivity index (χ1) is 8.95. The van der Waals surface area contributed by atoms with Crippen molar-refractivity contribution in [1.29, 1.82) is 0 Å². The lowest BCUT2D eigenvalue weighted by atomic mass is 10.1. The number of ether oxygens (including phenoxy) is 1. The number of methoxy groups -OCH3 is 1. The van der Waals surface area contributed by atoms with Crippen LogP contribution in [0.25, 0.3) is 0 Å². The Hall–Kier alpha value is -1.91. The highest BCUT2D eigenvalue weighted by atomic mass is 16.5. The normalized spacial score (nSPS) is 11.8. The third-order valence-electron chi connectivity index (χ3n) is 3.01. The summed E-state index contributed by atoms with van der Waals surface area (Å²) in [6, 6.07) is 3.76. The molecule has 5 nitrogen and oxygen atoms in total. The highest BCUT2D eigenvalue weighted by molar-refractivity contribution is 5.79. The monoisotopic (exact) mass is 264 g/mol. The highest BCUT2D eigenvalue weighted by Gasteiger charge is 2.19. The smallest absolute Gasteiger partial charge is 0.310 e. The third-order valence-corrected chi connectivity index (χ3v) is 3.01. The highest BCUT2D eigenvalue weighted by Crippen LogP contribution is 2.07. The minimum atomic E-state index is -0.330. The van der Waals surface area contributed by atoms with Crippen LogP contribution in [0.15, 0.2) is 18.3 Å². The number of nitrogens with zero attached hydrogens (tertiary/aromatic N) is 2. The molecule has 1 amide bonds. The van der Waals surface area contributed by atoms with E-state index in [1.807, 2.05) is 19.1 Å². The standard InChI is InChI=1S/C14H20N2O3/c1-10-6-5-7-15-12(10)8-13(17)16(3)9-11(2)14(18)19-4/h5-7,11H,8-9H2,1-4H3. The molecule has 104 valence electrons. The number of carbonyl (C=O) groups is 2. The Morgan fingerprint density at radius 1 is 1.47 bits per heavy atom. The van der Waals surface area contributed by atoms with Crippen LogP contribution in [-0.2, 0) is 20.7 Å². The molecule has 1 rings (SSSR count). The largest absolute Gasteiger partial charge is 0.469 e. The van der Waals surface area contributed by atoms with E-state index in [1.165, 1.54) is 12.0 Å². The average molecular weight is 264 g/mol. The van der Waals surface area contributed by atoms with Gasteiger partial charge >= 0.3 is 5.97 Å². The molecule has 0 fully saturated rings. The molecular formula is C14H20N2O3. The topological polar surface area (TPSA) is 59.5 Å². The number of aromatic nitrogens is 1. The molecule has 1 aromatic rings. The van der Waals surface area contributed by atoms with Gasteiger partial charge in [0.05, 0.1) is 25.1 Å². The molecule has 0 spiro atoms. The number of rotatable bonds is 5. The molecule has 0 saturated heterocycles. The first-order valence-electron chi connectivity index (χ1n) is 6.18. The molecule has 0 N–H and O–H groups in total. The Kier molecular flexibility index (Phi) is 5.48. The summed E-state index contributed by atoms with van der Waals surface area (Å²) in [6.07, 6.45) is 1.92. The first kappa shape index (κ1) is 15.1. The summed E-state index contributed by atoms with van der Waals surface area (Å²) in [7, 11) is 3.03. The van der Waals surface area contributed by atoms with Gasteiger partial charge in [0, 0.05) is 19.8 Å². The van der Waals surface area contributed by atoms with Gasteiger partial charge in [-0.05, 0) is 18.6 Å². The van der Waals surface area contributed by atoms with E-state index in [4.69, 9.17) is 0 Å². The van der Waals surface area contributed by atoms with Crippen molar-refractivity contribution in [3.8, 4) is 0 Å². The van der Waals surface area contributed by atoms with Crippen LogP contribution in [0.1, 0.15) is 18.2 Å². The summed E-state index contributed by atoms with van der Waals surface area (Å²) in [5.41, 5.74) is 1.76. The molecule has 0 radical (unpaired) electrons. The molecule has 0 aromatic carbocycles. The second kappa shape index (κ2) is 6.87. The number of likely N-dealkylation sites (N-methyl/N-ethyl adjacent to an activating group) is 1. The number of amides is 1. The van der Waals surface area contributed by atoms with Crippen molar-refractivity contribution in [2.75, 3.05) is 20.7 Å². The Morgan fingerprint density at radius 3 is 2.74 bits per heavy atom. The Balaban J connectivity index is 2.59. The van der Waals surface area contributed by atoms with Crippen molar-refractivity contribution >= 4 is 11.9 Å². The van der Waals surface area contributed by atoms with E-state index in [2.05, 4.69) is 9.72 Å². The van der Waals surface area contributed by atoms with E-state index in [9.17, 15) is 9.59 Å². The lowest BCUT2D eigenvalue weighted by molar-refractivity contribution is -0.146. The summed E-state index contributed by atoms with van der Waals surface area (Å²) in [6.45, 7) is 4.01. The van der Waals surface area contributed by atoms with Gasteiger partial charge in [-0.25, -0.2) is 0 Å². The van der Waals surface area contributed by atoms with Crippen molar-refractivity contribution in [1.82, 2.24) is 9.88 Å². The minimum absolute atomic E-state index is 0.0578. The average Bonchev–Trinajstić information content (AvgIpc) is 2.40. The maximum absolute atomic E-state index is 12.0. The summed E-state index contributed by atoms with van der Waals surface area (Å²) in [5.74, 6) is -0.699. The fraction of sp³-hybridized carbons (Fsp3) is 0.500. The number of hydrogen-bond donors (Lipinski definition) is 0. The zero-order chi connectivity index (χ0) is 14.4. The molecule has 0 aliphatic carbocycles. The molecule has 0 aliphatic rings. The van der Waals surface area contributed by atoms with Crippen LogP contribution < -0.4 is 0 Å². The zero-order valence-electron chi connectivity index (χ0n) is 11.8. The van der Waals surface area contributed by atoms with Crippen LogP contribution in [0.2, 0.25) is 0 Å². The van der Waals surface area contributed by atoms with E-state index < -0.39 is 0 Å². The summed E-state index contributed by atoms with van der Waals surface area (Å²) < 4.78 is 4.64. The van der Waals surface area contributed by atoms with E-state index in [1.54, 1.807) is 20.2 Å². The van der Waals surface area contributed by atoms with Gasteiger partial charge in [-0.3, -0.25) is 14.6 Å². The molecule has 19 heavy (non-hydrogen) atoms. The van der Waals surface area contributed by atoms with Gasteiger partial charge in [0.1, 0.15) is 0 Å². The molecule has 0 bridgehead atoms. The summed E-state index contributed by atoms with van der Waals surface area (Å²) >= 11 is 0. The minimum Gasteiger partial charge on any atom is -0.469 e. The van der Waals surface area contributed by atoms with Gasteiger partial charge in [-0.1, -0.05) is 13.0 Å². The lowest BCUT2D eigenvalue weighted by Crippen LogP contribution is -2.35. The van der Waals surface area contributed by atoms with Crippen molar-refractivity contribution in [2.24, 2.45) is 5.92 Å². The van der Waals surface area contributed by atoms with Gasteiger partial charge in [0.2, 0.25) is 5.91 Å². The first-order valence-corrected chi connectivity index (χ1v) is 6.18. The number of esters is 1. The van der Waals surface area contributed by atoms with Crippen LogP contribution in [-0.4, -0.2) is 42.5 Å². The van der Waals surface area contributed by atoms with Crippen LogP contribution in [0.5, 0.6) is 0 Å². The molecule has 1 aromatic heterocycles. The quantitative estimate of drug-likeness (QED) is 0.750. The van der Waals surface area contributed by atoms with Crippen molar-refractivity contribution in [3.05, 3.63) is 29.6 Å². The predicted octanol–water partition coefficient (Wildman–Crippen LogP) is 1.20. The van der Waals surface area contributed by atoms with Crippen LogP contribution >= 0.6 is 0 Å². The summed E-state index contributed by atoms with van der Waals surface area (Å²) in [4.78, 5) is 29.1. The van der Waals surface area contributed by atoms with Crippen LogP contribution in [0, 0.1) is 12.8 Å². The van der Waals surface area contributed by atoms with Crippen LogP contribution in [0.3, 0.4) is 0 Å². The second-order valence-corrected chi connectivity index (χ2v) is 4.64. The van der Waals surface area contributed by atoms with E-state index in [-0.39, 0.29) is 24.2 Å². The molecular weight excluding hydrogens is 244 g/mol. The number of carbonyl (C=O) groups excluding carboxylic acids is 2. The molecule has 1 unspecified atom stereocenters. The van der Waals surface area contributed by atoms with Gasteiger partial charge in [-0.2, -0.15) is 0 Å². The zero-order valence-corrected chi connectivity index (χ0v) is 11.8. The summed E-state index contributed by atoms with van der Waals surface area (Å²) in [5, 5.41) is 0. The van der Waals surface area contributed by atoms with Crippen molar-refractivity contribution in [3.63, 3.8) is 0 Å². The van der Waals surface area contributed by atoms with Gasteiger partial charge in [0.25, 0.3) is 0 Å². The van der Waals surface area contributed by atoms with E-state index >= 15 is 0 Å². The SMILES string of the molecule is COC(=O)C(C)CN(C)C(=O)Cc1ncccc1C. The second-order valence-electron chi connectivity index (χ2n) is 4.64. The lowest BCUT2D eigenvalue weighted by Gasteiger charge is -2.20. The van der Waals surface area contributed by atoms with Crippen LogP contribution in [0.4, 0.5) is 0 Å². The molecule has 0 saturated carbocycles. The van der Waals surface area contributed by atoms with Gasteiger partial charge in [-0.15, -0.1) is 0 Å². The Morgan fingerprint density at radius 2 is 2.16 bits per heavy atom. The van der Waals surface area contributed by atoms with Gasteiger partial charge < -0.3 is 9.64 Å². The van der Waals surface area contributed by atoms with Crippen molar-refractivity contribution < 1.29 is 14.3 Å². The number of hydrogen-bond acceptors (Lipinski definition) is 4. The van der Waals surface area contributed by atoms with E-state index in [0.29, 0.717) is 6.54 Å². The predicted molar refractivity (Wildman–Crippen MR) is 71.5 cm³/mol. The maximum atomic E-state index is 12.0. The van der Waals surface area contributed by atoms with Gasteiger partial charge in [0.15, 0.2) is 0 Å².